The zero-order valence-electron chi connectivity index (χ0n) is 18.2. The molecule has 0 bridgehead atoms. The third-order valence-corrected chi connectivity index (χ3v) is 5.46. The number of ether oxygens (including phenoxy) is 1. The number of pyridine rings is 1. The number of hydrogen-bond acceptors (Lipinski definition) is 5. The first-order chi connectivity index (χ1) is 15.5. The molecule has 0 fully saturated rings. The van der Waals surface area contributed by atoms with Gasteiger partial charge in [-0.1, -0.05) is 6.92 Å². The molecule has 3 rings (SSSR count). The Labute approximate surface area is 188 Å². The molecule has 6 nitrogen and oxygen atoms in total. The van der Waals surface area contributed by atoms with Crippen molar-refractivity contribution in [1.82, 2.24) is 9.41 Å². The van der Waals surface area contributed by atoms with Gasteiger partial charge in [-0.05, 0) is 60.0 Å². The molecule has 0 radical (unpaired) electrons. The Balaban J connectivity index is 1.92. The first kappa shape index (κ1) is 24.6. The van der Waals surface area contributed by atoms with E-state index in [-0.39, 0.29) is 12.4 Å². The second kappa shape index (κ2) is 9.42. The van der Waals surface area contributed by atoms with Crippen LogP contribution in [0.1, 0.15) is 24.5 Å². The van der Waals surface area contributed by atoms with E-state index < -0.39 is 23.9 Å². The molecule has 0 aliphatic heterocycles. The summed E-state index contributed by atoms with van der Waals surface area (Å²) >= 11 is 0. The van der Waals surface area contributed by atoms with Gasteiger partial charge in [0, 0.05) is 30.6 Å². The van der Waals surface area contributed by atoms with Gasteiger partial charge < -0.3 is 25.0 Å². The summed E-state index contributed by atoms with van der Waals surface area (Å²) in [5.41, 5.74) is 5.63. The van der Waals surface area contributed by atoms with E-state index in [1.54, 1.807) is 31.5 Å². The Morgan fingerprint density at radius 2 is 1.85 bits per heavy atom. The van der Waals surface area contributed by atoms with Gasteiger partial charge in [-0.2, -0.15) is 13.2 Å². The maximum Gasteiger partial charge on any atom is 0.422 e. The maximum atomic E-state index is 13.4. The van der Waals surface area contributed by atoms with Crippen LogP contribution in [0.2, 0.25) is 0 Å². The van der Waals surface area contributed by atoms with Crippen molar-refractivity contribution in [1.29, 1.82) is 0 Å². The quantitative estimate of drug-likeness (QED) is 0.265. The van der Waals surface area contributed by atoms with E-state index in [1.807, 2.05) is 16.5 Å². The van der Waals surface area contributed by atoms with Gasteiger partial charge >= 0.3 is 6.18 Å². The molecule has 1 aromatic carbocycles. The first-order valence-corrected chi connectivity index (χ1v) is 10.2. The number of halogens is 4. The van der Waals surface area contributed by atoms with Crippen LogP contribution < -0.4 is 11.6 Å². The highest BCUT2D eigenvalue weighted by atomic mass is 19.4. The number of hydrogen-bond donors (Lipinski definition) is 3. The lowest BCUT2D eigenvalue weighted by molar-refractivity contribution is -0.245. The van der Waals surface area contributed by atoms with Crippen LogP contribution in [0.5, 0.6) is 0 Å². The summed E-state index contributed by atoms with van der Waals surface area (Å²) in [6.07, 6.45) is -2.89. The molecule has 1 unspecified atom stereocenters. The summed E-state index contributed by atoms with van der Waals surface area (Å²) in [6, 6.07) is 11.6. The number of rotatable bonds is 8. The number of nitrogens with zero attached hydrogens (tertiary/aromatic N) is 2. The minimum atomic E-state index is -4.93. The topological polar surface area (TPSA) is 89.2 Å². The van der Waals surface area contributed by atoms with Gasteiger partial charge in [-0.15, -0.1) is 0 Å². The third-order valence-electron chi connectivity index (χ3n) is 5.46. The van der Waals surface area contributed by atoms with Crippen LogP contribution in [0.25, 0.3) is 16.8 Å². The van der Waals surface area contributed by atoms with Crippen molar-refractivity contribution in [2.75, 3.05) is 7.11 Å². The van der Waals surface area contributed by atoms with E-state index in [4.69, 9.17) is 16.3 Å². The van der Waals surface area contributed by atoms with Crippen LogP contribution in [0.4, 0.5) is 17.6 Å². The molecule has 0 saturated heterocycles. The molecule has 0 amide bonds. The summed E-state index contributed by atoms with van der Waals surface area (Å²) in [5, 5.41) is 10.9. The van der Waals surface area contributed by atoms with Crippen molar-refractivity contribution in [3.05, 3.63) is 77.5 Å². The predicted octanol–water partition coefficient (Wildman–Crippen LogP) is 4.07. The number of aliphatic hydroxyl groups is 1. The monoisotopic (exact) mass is 466 g/mol. The molecule has 2 heterocycles. The highest BCUT2D eigenvalue weighted by molar-refractivity contribution is 5.72. The molecule has 0 saturated carbocycles. The fraction of sp³-hybridized carbons (Fsp3) is 0.304. The molecule has 1 atom stereocenters. The Bertz CT molecular complexity index is 1140. The van der Waals surface area contributed by atoms with Gasteiger partial charge in [-0.3, -0.25) is 0 Å². The summed E-state index contributed by atoms with van der Waals surface area (Å²) in [7, 11) is 1.57. The molecule has 2 aromatic heterocycles. The van der Waals surface area contributed by atoms with Crippen molar-refractivity contribution in [3.63, 3.8) is 0 Å². The summed E-state index contributed by atoms with van der Waals surface area (Å²) in [5.74, 6) is 5.53. The van der Waals surface area contributed by atoms with Crippen molar-refractivity contribution < 1.29 is 27.4 Å². The Morgan fingerprint density at radius 1 is 1.18 bits per heavy atom. The van der Waals surface area contributed by atoms with E-state index in [1.165, 1.54) is 19.1 Å². The van der Waals surface area contributed by atoms with Crippen LogP contribution in [0.3, 0.4) is 0 Å². The van der Waals surface area contributed by atoms with Gasteiger partial charge in [0.05, 0.1) is 24.5 Å². The zero-order chi connectivity index (χ0) is 24.4. The lowest BCUT2D eigenvalue weighted by Gasteiger charge is -2.30. The molecular formula is C23H26F4N4O2. The van der Waals surface area contributed by atoms with Gasteiger partial charge in [-0.25, -0.2) is 10.2 Å². The van der Waals surface area contributed by atoms with Crippen LogP contribution >= 0.6 is 0 Å². The highest BCUT2D eigenvalue weighted by Crippen LogP contribution is 2.37. The van der Waals surface area contributed by atoms with Gasteiger partial charge in [0.15, 0.2) is 0 Å². The fourth-order valence-corrected chi connectivity index (χ4v) is 3.69. The normalized spacial score (nSPS) is 14.5. The van der Waals surface area contributed by atoms with Crippen LogP contribution in [0, 0.1) is 5.82 Å². The SMILES string of the molecule is CCC(O)(/C(N)=C/N(N)Cc1ccn2c(-c3ccc(F)cc3)c(COC)cc2c1)C(F)(F)F. The number of fused-ring (bicyclic) bond motifs is 1. The van der Waals surface area contributed by atoms with Crippen molar-refractivity contribution in [3.8, 4) is 11.3 Å². The Kier molecular flexibility index (Phi) is 7.01. The van der Waals surface area contributed by atoms with Crippen LogP contribution in [0.15, 0.2) is 60.6 Å². The number of benzene rings is 1. The fourth-order valence-electron chi connectivity index (χ4n) is 3.69. The van der Waals surface area contributed by atoms with Crippen molar-refractivity contribution >= 4 is 5.52 Å². The lowest BCUT2D eigenvalue weighted by Crippen LogP contribution is -2.49. The average molecular weight is 466 g/mol. The van der Waals surface area contributed by atoms with E-state index in [0.717, 1.165) is 33.5 Å². The molecule has 0 spiro atoms. The molecule has 178 valence electrons. The van der Waals surface area contributed by atoms with E-state index >= 15 is 0 Å². The second-order valence-electron chi connectivity index (χ2n) is 7.76. The van der Waals surface area contributed by atoms with Gasteiger partial charge in [0.25, 0.3) is 0 Å². The number of methoxy groups -OCH3 is 1. The minimum absolute atomic E-state index is 0.0471. The first-order valence-electron chi connectivity index (χ1n) is 10.2. The molecule has 10 heteroatoms. The minimum Gasteiger partial charge on any atom is -0.398 e. The van der Waals surface area contributed by atoms with E-state index in [0.29, 0.717) is 12.2 Å². The largest absolute Gasteiger partial charge is 0.422 e. The maximum absolute atomic E-state index is 13.4. The Morgan fingerprint density at radius 3 is 2.42 bits per heavy atom. The van der Waals surface area contributed by atoms with Crippen molar-refractivity contribution in [2.45, 2.75) is 38.3 Å². The second-order valence-corrected chi connectivity index (χ2v) is 7.76. The summed E-state index contributed by atoms with van der Waals surface area (Å²) in [6.45, 7) is 1.57. The summed E-state index contributed by atoms with van der Waals surface area (Å²) in [4.78, 5) is 0. The molecule has 5 N–H and O–H groups in total. The van der Waals surface area contributed by atoms with Gasteiger partial charge in [0.2, 0.25) is 5.60 Å². The molecule has 3 aromatic rings. The standard InChI is InChI=1S/C23H26F4N4O2/c1-3-22(32,23(25,26)27)20(28)13-30(29)12-15-8-9-31-19(10-15)11-17(14-33-2)21(31)16-4-6-18(24)7-5-16/h4-11,13,32H,3,12,14,28-29H2,1-2H3/b20-13-. The number of hydrazine groups is 1. The smallest absolute Gasteiger partial charge is 0.398 e. The predicted molar refractivity (Wildman–Crippen MR) is 117 cm³/mol. The van der Waals surface area contributed by atoms with Gasteiger partial charge in [0.1, 0.15) is 5.82 Å². The highest BCUT2D eigenvalue weighted by Gasteiger charge is 2.54. The average Bonchev–Trinajstić information content (AvgIpc) is 3.10. The molecular weight excluding hydrogens is 440 g/mol. The number of alkyl halides is 3. The lowest BCUT2D eigenvalue weighted by atomic mass is 9.96. The number of nitrogens with two attached hydrogens (primary N) is 2. The number of aromatic nitrogens is 1. The molecule has 33 heavy (non-hydrogen) atoms. The summed E-state index contributed by atoms with van der Waals surface area (Å²) < 4.78 is 60.2. The van der Waals surface area contributed by atoms with E-state index in [2.05, 4.69) is 0 Å². The molecule has 0 aliphatic rings. The third kappa shape index (κ3) is 4.97. The van der Waals surface area contributed by atoms with Crippen LogP contribution in [-0.4, -0.2) is 33.4 Å². The molecule has 0 aliphatic carbocycles. The van der Waals surface area contributed by atoms with Crippen LogP contribution in [-0.2, 0) is 17.9 Å². The van der Waals surface area contributed by atoms with E-state index in [9.17, 15) is 22.7 Å². The zero-order valence-corrected chi connectivity index (χ0v) is 18.2. The Hall–Kier alpha value is -3.08. The van der Waals surface area contributed by atoms with Crippen molar-refractivity contribution in [2.24, 2.45) is 11.6 Å².